The third-order valence-corrected chi connectivity index (χ3v) is 3.70. The number of ether oxygens (including phenoxy) is 1. The van der Waals surface area contributed by atoms with Gasteiger partial charge in [-0.15, -0.1) is 0 Å². The molecule has 0 amide bonds. The number of aromatic nitrogens is 2. The monoisotopic (exact) mass is 360 g/mol. The summed E-state index contributed by atoms with van der Waals surface area (Å²) in [4.78, 5) is 18.6. The van der Waals surface area contributed by atoms with Gasteiger partial charge in [0.15, 0.2) is 11.5 Å². The summed E-state index contributed by atoms with van der Waals surface area (Å²) >= 11 is 3.41. The Morgan fingerprint density at radius 3 is 2.86 bits per heavy atom. The zero-order valence-electron chi connectivity index (χ0n) is 11.8. The number of rotatable bonds is 3. The number of hydrogen-bond donors (Lipinski definition) is 2. The molecular weight excluding hydrogens is 348 g/mol. The number of H-pyrrole nitrogens is 1. The van der Waals surface area contributed by atoms with E-state index in [1.165, 1.54) is 0 Å². The van der Waals surface area contributed by atoms with Crippen molar-refractivity contribution in [2.24, 2.45) is 0 Å². The average molecular weight is 361 g/mol. The van der Waals surface area contributed by atoms with Crippen LogP contribution in [0.1, 0.15) is 6.92 Å². The predicted molar refractivity (Wildman–Crippen MR) is 88.3 cm³/mol. The molecule has 0 saturated heterocycles. The Hall–Kier alpha value is -2.34. The van der Waals surface area contributed by atoms with Crippen molar-refractivity contribution in [1.29, 1.82) is 0 Å². The Balaban J connectivity index is 2.31. The third kappa shape index (κ3) is 2.69. The predicted octanol–water partition coefficient (Wildman–Crippen LogP) is 3.46. The second kappa shape index (κ2) is 5.81. The fourth-order valence-corrected chi connectivity index (χ4v) is 2.70. The van der Waals surface area contributed by atoms with Gasteiger partial charge in [0.25, 0.3) is 0 Å². The largest absolute Gasteiger partial charge is 0.504 e. The highest BCUT2D eigenvalue weighted by Gasteiger charge is 2.12. The molecule has 0 spiro atoms. The van der Waals surface area contributed by atoms with Crippen molar-refractivity contribution >= 4 is 26.8 Å². The molecule has 3 aromatic rings. The lowest BCUT2D eigenvalue weighted by atomic mass is 10.1. The van der Waals surface area contributed by atoms with E-state index in [1.54, 1.807) is 12.1 Å². The Morgan fingerprint density at radius 1 is 1.32 bits per heavy atom. The van der Waals surface area contributed by atoms with Crippen LogP contribution in [-0.2, 0) is 0 Å². The number of nitrogens with zero attached hydrogens (tertiary/aromatic N) is 1. The number of hydrogen-bond acceptors (Lipinski definition) is 4. The van der Waals surface area contributed by atoms with Crippen LogP contribution in [0.15, 0.2) is 45.7 Å². The van der Waals surface area contributed by atoms with E-state index in [0.29, 0.717) is 29.0 Å². The fourth-order valence-electron chi connectivity index (χ4n) is 2.30. The summed E-state index contributed by atoms with van der Waals surface area (Å²) in [6.45, 7) is 2.25. The number of phenolic OH excluding ortho intramolecular Hbond substituents is 1. The molecule has 0 fully saturated rings. The summed E-state index contributed by atoms with van der Waals surface area (Å²) in [7, 11) is 0. The first-order valence-electron chi connectivity index (χ1n) is 6.74. The third-order valence-electron chi connectivity index (χ3n) is 3.21. The molecule has 1 aromatic heterocycles. The molecule has 0 radical (unpaired) electrons. The van der Waals surface area contributed by atoms with Gasteiger partial charge in [-0.3, -0.25) is 0 Å². The van der Waals surface area contributed by atoms with Gasteiger partial charge in [-0.1, -0.05) is 28.1 Å². The molecule has 0 saturated carbocycles. The second-order valence-corrected chi connectivity index (χ2v) is 5.62. The molecular formula is C16H13BrN2O3. The van der Waals surface area contributed by atoms with E-state index in [-0.39, 0.29) is 5.75 Å². The molecule has 0 bridgehead atoms. The normalized spacial score (nSPS) is 10.8. The fraction of sp³-hybridized carbons (Fsp3) is 0.125. The van der Waals surface area contributed by atoms with Gasteiger partial charge in [-0.2, -0.15) is 4.98 Å². The average Bonchev–Trinajstić information content (AvgIpc) is 2.48. The van der Waals surface area contributed by atoms with Gasteiger partial charge < -0.3 is 14.8 Å². The van der Waals surface area contributed by atoms with E-state index >= 15 is 0 Å². The highest BCUT2D eigenvalue weighted by atomic mass is 79.9. The number of aromatic hydroxyl groups is 1. The number of phenols is 1. The van der Waals surface area contributed by atoms with Crippen molar-refractivity contribution in [2.75, 3.05) is 6.61 Å². The molecule has 0 unspecified atom stereocenters. The molecule has 0 atom stereocenters. The molecule has 6 heteroatoms. The lowest BCUT2D eigenvalue weighted by Gasteiger charge is -2.10. The number of benzene rings is 2. The van der Waals surface area contributed by atoms with E-state index in [9.17, 15) is 9.90 Å². The van der Waals surface area contributed by atoms with Crippen LogP contribution < -0.4 is 10.4 Å². The minimum absolute atomic E-state index is 0.0134. The Bertz CT molecular complexity index is 906. The van der Waals surface area contributed by atoms with Crippen molar-refractivity contribution in [3.8, 4) is 22.8 Å². The number of nitrogens with one attached hydrogen (secondary N) is 1. The minimum Gasteiger partial charge on any atom is -0.504 e. The van der Waals surface area contributed by atoms with Crippen molar-refractivity contribution in [2.45, 2.75) is 6.92 Å². The van der Waals surface area contributed by atoms with Crippen LogP contribution in [0.4, 0.5) is 0 Å². The lowest BCUT2D eigenvalue weighted by Crippen LogP contribution is -2.11. The summed E-state index contributed by atoms with van der Waals surface area (Å²) in [5.41, 5.74) is 1.42. The van der Waals surface area contributed by atoms with E-state index in [0.717, 1.165) is 10.0 Å². The highest BCUT2D eigenvalue weighted by molar-refractivity contribution is 9.10. The van der Waals surface area contributed by atoms with Gasteiger partial charge in [-0.25, -0.2) is 4.79 Å². The maximum atomic E-state index is 11.8. The SMILES string of the molecule is CCOc1cc2[nH]c(=O)nc(-c3cccc(Br)c3)c2cc1O. The van der Waals surface area contributed by atoms with Crippen LogP contribution in [-0.4, -0.2) is 21.7 Å². The topological polar surface area (TPSA) is 75.2 Å². The summed E-state index contributed by atoms with van der Waals surface area (Å²) in [6.07, 6.45) is 0. The standard InChI is InChI=1S/C16H13BrN2O3/c1-2-22-14-8-12-11(7-13(14)20)15(19-16(21)18-12)9-4-3-5-10(17)6-9/h3-8,20H,2H2,1H3,(H,18,19,21). The summed E-state index contributed by atoms with van der Waals surface area (Å²) < 4.78 is 6.23. The van der Waals surface area contributed by atoms with E-state index in [1.807, 2.05) is 31.2 Å². The van der Waals surface area contributed by atoms with Crippen LogP contribution >= 0.6 is 15.9 Å². The first kappa shape index (κ1) is 14.6. The van der Waals surface area contributed by atoms with Gasteiger partial charge in [0.2, 0.25) is 0 Å². The molecule has 0 aliphatic rings. The zero-order valence-corrected chi connectivity index (χ0v) is 13.3. The first-order chi connectivity index (χ1) is 10.6. The van der Waals surface area contributed by atoms with Crippen LogP contribution in [0.2, 0.25) is 0 Å². The zero-order chi connectivity index (χ0) is 15.7. The van der Waals surface area contributed by atoms with Crippen LogP contribution in [0.3, 0.4) is 0 Å². The highest BCUT2D eigenvalue weighted by Crippen LogP contribution is 2.34. The van der Waals surface area contributed by atoms with Gasteiger partial charge in [0, 0.05) is 21.5 Å². The summed E-state index contributed by atoms with van der Waals surface area (Å²) in [5.74, 6) is 0.344. The van der Waals surface area contributed by atoms with Gasteiger partial charge in [-0.05, 0) is 25.1 Å². The quantitative estimate of drug-likeness (QED) is 0.749. The molecule has 3 rings (SSSR count). The Labute approximate surface area is 134 Å². The van der Waals surface area contributed by atoms with E-state index < -0.39 is 5.69 Å². The molecule has 1 heterocycles. The molecule has 2 aromatic carbocycles. The van der Waals surface area contributed by atoms with Crippen LogP contribution in [0, 0.1) is 0 Å². The Kier molecular flexibility index (Phi) is 3.85. The maximum Gasteiger partial charge on any atom is 0.345 e. The number of halogens is 1. The van der Waals surface area contributed by atoms with Gasteiger partial charge >= 0.3 is 5.69 Å². The second-order valence-electron chi connectivity index (χ2n) is 4.70. The summed E-state index contributed by atoms with van der Waals surface area (Å²) in [5, 5.41) is 10.7. The molecule has 22 heavy (non-hydrogen) atoms. The Morgan fingerprint density at radius 2 is 2.14 bits per heavy atom. The number of aromatic amines is 1. The lowest BCUT2D eigenvalue weighted by molar-refractivity contribution is 0.319. The number of fused-ring (bicyclic) bond motifs is 1. The first-order valence-corrected chi connectivity index (χ1v) is 7.53. The smallest absolute Gasteiger partial charge is 0.345 e. The molecule has 0 aliphatic carbocycles. The van der Waals surface area contributed by atoms with Crippen molar-refractivity contribution in [1.82, 2.24) is 9.97 Å². The molecule has 2 N–H and O–H groups in total. The van der Waals surface area contributed by atoms with Crippen LogP contribution in [0.25, 0.3) is 22.2 Å². The minimum atomic E-state index is -0.449. The molecule has 5 nitrogen and oxygen atoms in total. The van der Waals surface area contributed by atoms with E-state index in [4.69, 9.17) is 4.74 Å². The summed E-state index contributed by atoms with van der Waals surface area (Å²) in [6, 6.07) is 10.7. The van der Waals surface area contributed by atoms with E-state index in [2.05, 4.69) is 25.9 Å². The molecule has 0 aliphatic heterocycles. The van der Waals surface area contributed by atoms with Gasteiger partial charge in [0.1, 0.15) is 0 Å². The van der Waals surface area contributed by atoms with Crippen molar-refractivity contribution in [3.63, 3.8) is 0 Å². The van der Waals surface area contributed by atoms with Crippen molar-refractivity contribution < 1.29 is 9.84 Å². The maximum absolute atomic E-state index is 11.8. The molecule has 112 valence electrons. The van der Waals surface area contributed by atoms with Crippen molar-refractivity contribution in [3.05, 3.63) is 51.4 Å². The van der Waals surface area contributed by atoms with Crippen LogP contribution in [0.5, 0.6) is 11.5 Å². The van der Waals surface area contributed by atoms with Gasteiger partial charge in [0.05, 0.1) is 17.8 Å².